The highest BCUT2D eigenvalue weighted by molar-refractivity contribution is 5.87. The molecule has 1 aromatic carbocycles. The zero-order chi connectivity index (χ0) is 13.0. The van der Waals surface area contributed by atoms with E-state index in [2.05, 4.69) is 11.8 Å². The fourth-order valence-electron chi connectivity index (χ4n) is 2.36. The topological polar surface area (TPSA) is 40.5 Å². The molecule has 1 aromatic rings. The molecule has 3 heteroatoms. The summed E-state index contributed by atoms with van der Waals surface area (Å²) in [4.78, 5) is 13.2. The summed E-state index contributed by atoms with van der Waals surface area (Å²) in [5, 5.41) is 8.85. The number of aromatic carboxylic acids is 1. The molecule has 1 fully saturated rings. The second-order valence-corrected chi connectivity index (χ2v) is 5.13. The molecule has 0 aromatic heterocycles. The zero-order valence-corrected chi connectivity index (χ0v) is 10.9. The van der Waals surface area contributed by atoms with Crippen molar-refractivity contribution in [3.63, 3.8) is 0 Å². The van der Waals surface area contributed by atoms with Gasteiger partial charge in [-0.3, -0.25) is 4.90 Å². The van der Waals surface area contributed by atoms with E-state index in [1.807, 2.05) is 12.1 Å². The van der Waals surface area contributed by atoms with E-state index >= 15 is 0 Å². The van der Waals surface area contributed by atoms with E-state index in [4.69, 9.17) is 5.11 Å². The highest BCUT2D eigenvalue weighted by Gasteiger charge is 2.19. The van der Waals surface area contributed by atoms with Crippen LogP contribution in [0.15, 0.2) is 24.3 Å². The minimum Gasteiger partial charge on any atom is -0.478 e. The Kier molecular flexibility index (Phi) is 4.37. The standard InChI is InChI=1S/C15H21NO2/c1-2-16(10-12-4-3-5-12)11-13-6-8-14(9-7-13)15(17)18/h6-9,12H,2-5,10-11H2,1H3,(H,17,18). The number of carbonyl (C=O) groups is 1. The van der Waals surface area contributed by atoms with E-state index in [1.54, 1.807) is 12.1 Å². The predicted molar refractivity (Wildman–Crippen MR) is 71.7 cm³/mol. The number of benzene rings is 1. The van der Waals surface area contributed by atoms with Crippen molar-refractivity contribution in [1.82, 2.24) is 4.90 Å². The smallest absolute Gasteiger partial charge is 0.335 e. The lowest BCUT2D eigenvalue weighted by molar-refractivity contribution is 0.0697. The Bertz CT molecular complexity index is 395. The van der Waals surface area contributed by atoms with Gasteiger partial charge in [-0.1, -0.05) is 25.5 Å². The molecule has 0 spiro atoms. The van der Waals surface area contributed by atoms with Gasteiger partial charge >= 0.3 is 5.97 Å². The second-order valence-electron chi connectivity index (χ2n) is 5.13. The first-order chi connectivity index (χ1) is 8.69. The van der Waals surface area contributed by atoms with Crippen molar-refractivity contribution in [3.05, 3.63) is 35.4 Å². The van der Waals surface area contributed by atoms with Crippen molar-refractivity contribution >= 4 is 5.97 Å². The number of rotatable bonds is 6. The van der Waals surface area contributed by atoms with Crippen molar-refractivity contribution in [2.75, 3.05) is 13.1 Å². The molecule has 18 heavy (non-hydrogen) atoms. The molecule has 0 radical (unpaired) electrons. The predicted octanol–water partition coefficient (Wildman–Crippen LogP) is 3.01. The first-order valence-electron chi connectivity index (χ1n) is 6.73. The summed E-state index contributed by atoms with van der Waals surface area (Å²) in [6.07, 6.45) is 4.12. The SMILES string of the molecule is CCN(Cc1ccc(C(=O)O)cc1)CC1CCC1. The average molecular weight is 247 g/mol. The highest BCUT2D eigenvalue weighted by atomic mass is 16.4. The van der Waals surface area contributed by atoms with Gasteiger partial charge in [0.15, 0.2) is 0 Å². The third-order valence-corrected chi connectivity index (χ3v) is 3.80. The monoisotopic (exact) mass is 247 g/mol. The lowest BCUT2D eigenvalue weighted by atomic mass is 9.85. The van der Waals surface area contributed by atoms with E-state index in [1.165, 1.54) is 31.4 Å². The molecule has 2 rings (SSSR count). The summed E-state index contributed by atoms with van der Waals surface area (Å²) in [6, 6.07) is 7.23. The average Bonchev–Trinajstić information content (AvgIpc) is 2.32. The van der Waals surface area contributed by atoms with Crippen molar-refractivity contribution in [1.29, 1.82) is 0 Å². The summed E-state index contributed by atoms with van der Waals surface area (Å²) in [5.41, 5.74) is 1.56. The minimum atomic E-state index is -0.858. The van der Waals surface area contributed by atoms with Gasteiger partial charge in [0.05, 0.1) is 5.56 Å². The van der Waals surface area contributed by atoms with Crippen molar-refractivity contribution in [2.24, 2.45) is 5.92 Å². The lowest BCUT2D eigenvalue weighted by Gasteiger charge is -2.31. The molecule has 0 aliphatic heterocycles. The molecule has 0 saturated heterocycles. The van der Waals surface area contributed by atoms with Crippen LogP contribution in [0.5, 0.6) is 0 Å². The summed E-state index contributed by atoms with van der Waals surface area (Å²) in [7, 11) is 0. The van der Waals surface area contributed by atoms with Gasteiger partial charge in [-0.15, -0.1) is 0 Å². The molecule has 1 N–H and O–H groups in total. The van der Waals surface area contributed by atoms with E-state index in [0.29, 0.717) is 5.56 Å². The molecule has 3 nitrogen and oxygen atoms in total. The fourth-order valence-corrected chi connectivity index (χ4v) is 2.36. The second kappa shape index (κ2) is 6.01. The third-order valence-electron chi connectivity index (χ3n) is 3.80. The lowest BCUT2D eigenvalue weighted by Crippen LogP contribution is -2.32. The van der Waals surface area contributed by atoms with Gasteiger partial charge in [0, 0.05) is 13.1 Å². The molecule has 0 atom stereocenters. The number of carboxylic acid groups (broad SMARTS) is 1. The quantitative estimate of drug-likeness (QED) is 0.840. The molecule has 0 unspecified atom stereocenters. The van der Waals surface area contributed by atoms with E-state index in [9.17, 15) is 4.79 Å². The zero-order valence-electron chi connectivity index (χ0n) is 10.9. The van der Waals surface area contributed by atoms with E-state index in [0.717, 1.165) is 19.0 Å². The van der Waals surface area contributed by atoms with Crippen molar-refractivity contribution < 1.29 is 9.90 Å². The van der Waals surface area contributed by atoms with E-state index < -0.39 is 5.97 Å². The largest absolute Gasteiger partial charge is 0.478 e. The Morgan fingerprint density at radius 1 is 1.33 bits per heavy atom. The summed E-state index contributed by atoms with van der Waals surface area (Å²) in [6.45, 7) is 5.34. The number of nitrogens with zero attached hydrogens (tertiary/aromatic N) is 1. The Morgan fingerprint density at radius 2 is 2.00 bits per heavy atom. The highest BCUT2D eigenvalue weighted by Crippen LogP contribution is 2.27. The van der Waals surface area contributed by atoms with Gasteiger partial charge < -0.3 is 5.11 Å². The van der Waals surface area contributed by atoms with Gasteiger partial charge in [0.2, 0.25) is 0 Å². The van der Waals surface area contributed by atoms with Gasteiger partial charge in [-0.25, -0.2) is 4.79 Å². The van der Waals surface area contributed by atoms with Crippen LogP contribution in [0, 0.1) is 5.92 Å². The summed E-state index contributed by atoms with van der Waals surface area (Å²) < 4.78 is 0. The van der Waals surface area contributed by atoms with Crippen LogP contribution in [0.4, 0.5) is 0 Å². The van der Waals surface area contributed by atoms with E-state index in [-0.39, 0.29) is 0 Å². The van der Waals surface area contributed by atoms with Gasteiger partial charge in [-0.05, 0) is 43.0 Å². The molecular formula is C15H21NO2. The molecule has 98 valence electrons. The Labute approximate surface area is 108 Å². The van der Waals surface area contributed by atoms with Crippen LogP contribution in [-0.2, 0) is 6.54 Å². The maximum Gasteiger partial charge on any atom is 0.335 e. The normalized spacial score (nSPS) is 15.7. The third kappa shape index (κ3) is 3.33. The molecule has 1 aliphatic carbocycles. The van der Waals surface area contributed by atoms with Gasteiger partial charge in [0.25, 0.3) is 0 Å². The van der Waals surface area contributed by atoms with Crippen LogP contribution in [-0.4, -0.2) is 29.1 Å². The maximum absolute atomic E-state index is 10.8. The fraction of sp³-hybridized carbons (Fsp3) is 0.533. The number of carboxylic acids is 1. The first-order valence-corrected chi connectivity index (χ1v) is 6.73. The number of hydrogen-bond donors (Lipinski definition) is 1. The van der Waals surface area contributed by atoms with Crippen LogP contribution in [0.1, 0.15) is 42.1 Å². The van der Waals surface area contributed by atoms with Gasteiger partial charge in [0.1, 0.15) is 0 Å². The minimum absolute atomic E-state index is 0.362. The first kappa shape index (κ1) is 13.1. The molecule has 0 heterocycles. The van der Waals surface area contributed by atoms with Crippen LogP contribution < -0.4 is 0 Å². The van der Waals surface area contributed by atoms with Crippen LogP contribution in [0.3, 0.4) is 0 Å². The molecular weight excluding hydrogens is 226 g/mol. The molecule has 0 amide bonds. The molecule has 1 aliphatic rings. The molecule has 0 bridgehead atoms. The van der Waals surface area contributed by atoms with Crippen molar-refractivity contribution in [2.45, 2.75) is 32.7 Å². The van der Waals surface area contributed by atoms with Gasteiger partial charge in [-0.2, -0.15) is 0 Å². The van der Waals surface area contributed by atoms with Crippen LogP contribution in [0.2, 0.25) is 0 Å². The summed E-state index contributed by atoms with van der Waals surface area (Å²) in [5.74, 6) is 0.0200. The van der Waals surface area contributed by atoms with Crippen LogP contribution >= 0.6 is 0 Å². The maximum atomic E-state index is 10.8. The Hall–Kier alpha value is -1.35. The summed E-state index contributed by atoms with van der Waals surface area (Å²) >= 11 is 0. The van der Waals surface area contributed by atoms with Crippen LogP contribution in [0.25, 0.3) is 0 Å². The molecule has 1 saturated carbocycles. The number of hydrogen-bond acceptors (Lipinski definition) is 2. The Morgan fingerprint density at radius 3 is 2.44 bits per heavy atom. The Balaban J connectivity index is 1.91. The van der Waals surface area contributed by atoms with Crippen molar-refractivity contribution in [3.8, 4) is 0 Å².